The van der Waals surface area contributed by atoms with E-state index in [1.54, 1.807) is 12.1 Å². The SMILES string of the molecule is Cc1cccc(CS(=O)(=O)Nc2ccc(-c3c(C)noc3C)cc2)c1. The van der Waals surface area contributed by atoms with Crippen molar-refractivity contribution in [2.75, 3.05) is 4.72 Å². The van der Waals surface area contributed by atoms with Crippen molar-refractivity contribution in [1.82, 2.24) is 5.16 Å². The fourth-order valence-corrected chi connectivity index (χ4v) is 4.02. The Kier molecular flexibility index (Phi) is 4.63. The normalized spacial score (nSPS) is 11.5. The van der Waals surface area contributed by atoms with Crippen molar-refractivity contribution in [2.45, 2.75) is 26.5 Å². The molecule has 0 aliphatic heterocycles. The lowest BCUT2D eigenvalue weighted by Crippen LogP contribution is -2.15. The first kappa shape index (κ1) is 17.2. The van der Waals surface area contributed by atoms with Crippen LogP contribution in [0.25, 0.3) is 11.1 Å². The Bertz CT molecular complexity index is 970. The van der Waals surface area contributed by atoms with Gasteiger partial charge in [0.25, 0.3) is 0 Å². The molecule has 0 unspecified atom stereocenters. The third kappa shape index (κ3) is 4.09. The molecule has 0 radical (unpaired) electrons. The molecule has 6 heteroatoms. The molecule has 5 nitrogen and oxygen atoms in total. The number of nitrogens with zero attached hydrogens (tertiary/aromatic N) is 1. The number of nitrogens with one attached hydrogen (secondary N) is 1. The highest BCUT2D eigenvalue weighted by molar-refractivity contribution is 7.91. The molecule has 0 aliphatic carbocycles. The van der Waals surface area contributed by atoms with Gasteiger partial charge in [-0.3, -0.25) is 4.72 Å². The molecule has 3 aromatic rings. The quantitative estimate of drug-likeness (QED) is 0.743. The Morgan fingerprint density at radius 3 is 2.36 bits per heavy atom. The molecule has 0 bridgehead atoms. The van der Waals surface area contributed by atoms with Crippen molar-refractivity contribution in [3.63, 3.8) is 0 Å². The molecule has 0 aliphatic rings. The maximum Gasteiger partial charge on any atom is 0.236 e. The highest BCUT2D eigenvalue weighted by Gasteiger charge is 2.14. The van der Waals surface area contributed by atoms with Gasteiger partial charge in [0.1, 0.15) is 5.76 Å². The van der Waals surface area contributed by atoms with Crippen LogP contribution in [0.2, 0.25) is 0 Å². The molecule has 1 heterocycles. The summed E-state index contributed by atoms with van der Waals surface area (Å²) in [5.41, 5.74) is 5.02. The Morgan fingerprint density at radius 1 is 1.04 bits per heavy atom. The van der Waals surface area contributed by atoms with Crippen LogP contribution in [0.4, 0.5) is 5.69 Å². The minimum absolute atomic E-state index is 0.0553. The molecule has 130 valence electrons. The molecule has 0 amide bonds. The third-order valence-corrected chi connectivity index (χ3v) is 5.18. The Morgan fingerprint density at radius 2 is 1.76 bits per heavy atom. The van der Waals surface area contributed by atoms with E-state index in [4.69, 9.17) is 4.52 Å². The van der Waals surface area contributed by atoms with E-state index in [0.717, 1.165) is 33.7 Å². The fourth-order valence-electron chi connectivity index (χ4n) is 2.84. The average molecular weight is 356 g/mol. The summed E-state index contributed by atoms with van der Waals surface area (Å²) < 4.78 is 32.5. The van der Waals surface area contributed by atoms with Gasteiger partial charge in [-0.2, -0.15) is 0 Å². The summed E-state index contributed by atoms with van der Waals surface area (Å²) in [7, 11) is -3.47. The molecule has 0 atom stereocenters. The number of anilines is 1. The third-order valence-electron chi connectivity index (χ3n) is 3.92. The van der Waals surface area contributed by atoms with Crippen molar-refractivity contribution < 1.29 is 12.9 Å². The molecule has 1 N–H and O–H groups in total. The average Bonchev–Trinajstić information content (AvgIpc) is 2.86. The standard InChI is InChI=1S/C19H20N2O3S/c1-13-5-4-6-16(11-13)12-25(22,23)21-18-9-7-17(8-10-18)19-14(2)20-24-15(19)3/h4-11,21H,12H2,1-3H3. The number of hydrogen-bond acceptors (Lipinski definition) is 4. The van der Waals surface area contributed by atoms with Crippen LogP contribution in [0.1, 0.15) is 22.6 Å². The van der Waals surface area contributed by atoms with E-state index >= 15 is 0 Å². The maximum absolute atomic E-state index is 12.4. The number of aromatic nitrogens is 1. The zero-order chi connectivity index (χ0) is 18.0. The second-order valence-electron chi connectivity index (χ2n) is 6.13. The first-order chi connectivity index (χ1) is 11.8. The van der Waals surface area contributed by atoms with Crippen molar-refractivity contribution in [1.29, 1.82) is 0 Å². The zero-order valence-electron chi connectivity index (χ0n) is 14.4. The number of aryl methyl sites for hydroxylation is 3. The van der Waals surface area contributed by atoms with Crippen molar-refractivity contribution in [2.24, 2.45) is 0 Å². The smallest absolute Gasteiger partial charge is 0.236 e. The predicted molar refractivity (Wildman–Crippen MR) is 98.8 cm³/mol. The second kappa shape index (κ2) is 6.72. The number of sulfonamides is 1. The van der Waals surface area contributed by atoms with Crippen molar-refractivity contribution in [3.05, 3.63) is 71.1 Å². The molecule has 3 rings (SSSR count). The Balaban J connectivity index is 1.77. The predicted octanol–water partition coefficient (Wildman–Crippen LogP) is 4.21. The molecule has 0 saturated heterocycles. The van der Waals surface area contributed by atoms with E-state index in [2.05, 4.69) is 9.88 Å². The molecule has 0 saturated carbocycles. The van der Waals surface area contributed by atoms with Crippen LogP contribution in [0.15, 0.2) is 53.1 Å². The lowest BCUT2D eigenvalue weighted by atomic mass is 10.0. The van der Waals surface area contributed by atoms with Gasteiger partial charge in [0.15, 0.2) is 0 Å². The molecule has 25 heavy (non-hydrogen) atoms. The minimum atomic E-state index is -3.47. The van der Waals surface area contributed by atoms with Gasteiger partial charge < -0.3 is 4.52 Å². The van der Waals surface area contributed by atoms with Crippen LogP contribution in [0.5, 0.6) is 0 Å². The highest BCUT2D eigenvalue weighted by Crippen LogP contribution is 2.28. The van der Waals surface area contributed by atoms with E-state index in [1.807, 2.05) is 57.2 Å². The molecular weight excluding hydrogens is 336 g/mol. The monoisotopic (exact) mass is 356 g/mol. The maximum atomic E-state index is 12.4. The summed E-state index contributed by atoms with van der Waals surface area (Å²) in [6.07, 6.45) is 0. The fraction of sp³-hybridized carbons (Fsp3) is 0.211. The summed E-state index contributed by atoms with van der Waals surface area (Å²) >= 11 is 0. The molecule has 0 spiro atoms. The number of hydrogen-bond donors (Lipinski definition) is 1. The van der Waals surface area contributed by atoms with Crippen LogP contribution in [-0.4, -0.2) is 13.6 Å². The van der Waals surface area contributed by atoms with E-state index in [0.29, 0.717) is 5.69 Å². The van der Waals surface area contributed by atoms with Gasteiger partial charge in [-0.1, -0.05) is 47.1 Å². The van der Waals surface area contributed by atoms with E-state index in [1.165, 1.54) is 0 Å². The first-order valence-electron chi connectivity index (χ1n) is 7.93. The lowest BCUT2D eigenvalue weighted by Gasteiger charge is -2.09. The zero-order valence-corrected chi connectivity index (χ0v) is 15.2. The van der Waals surface area contributed by atoms with Gasteiger partial charge in [0.2, 0.25) is 10.0 Å². The Hall–Kier alpha value is -2.60. The van der Waals surface area contributed by atoms with Crippen molar-refractivity contribution in [3.8, 4) is 11.1 Å². The van der Waals surface area contributed by atoms with E-state index in [-0.39, 0.29) is 5.75 Å². The van der Waals surface area contributed by atoms with Gasteiger partial charge in [-0.15, -0.1) is 0 Å². The lowest BCUT2D eigenvalue weighted by molar-refractivity contribution is 0.393. The summed E-state index contributed by atoms with van der Waals surface area (Å²) in [5.74, 6) is 0.686. The van der Waals surface area contributed by atoms with Crippen LogP contribution >= 0.6 is 0 Å². The van der Waals surface area contributed by atoms with Crippen LogP contribution < -0.4 is 4.72 Å². The van der Waals surface area contributed by atoms with Gasteiger partial charge in [-0.05, 0) is 44.0 Å². The molecule has 2 aromatic carbocycles. The van der Waals surface area contributed by atoms with Gasteiger partial charge >= 0.3 is 0 Å². The van der Waals surface area contributed by atoms with Gasteiger partial charge in [0, 0.05) is 11.3 Å². The van der Waals surface area contributed by atoms with Crippen molar-refractivity contribution >= 4 is 15.7 Å². The molecular formula is C19H20N2O3S. The highest BCUT2D eigenvalue weighted by atomic mass is 32.2. The molecule has 1 aromatic heterocycles. The summed E-state index contributed by atoms with van der Waals surface area (Å²) in [6.45, 7) is 5.68. The van der Waals surface area contributed by atoms with Gasteiger partial charge in [0.05, 0.1) is 11.4 Å². The number of rotatable bonds is 5. The number of benzene rings is 2. The second-order valence-corrected chi connectivity index (χ2v) is 7.85. The van der Waals surface area contributed by atoms with Crippen LogP contribution in [0.3, 0.4) is 0 Å². The summed E-state index contributed by atoms with van der Waals surface area (Å²) in [6, 6.07) is 14.7. The first-order valence-corrected chi connectivity index (χ1v) is 9.58. The van der Waals surface area contributed by atoms with Gasteiger partial charge in [-0.25, -0.2) is 8.42 Å². The summed E-state index contributed by atoms with van der Waals surface area (Å²) in [5, 5.41) is 3.94. The largest absolute Gasteiger partial charge is 0.361 e. The summed E-state index contributed by atoms with van der Waals surface area (Å²) in [4.78, 5) is 0. The van der Waals surface area contributed by atoms with Crippen LogP contribution in [0, 0.1) is 20.8 Å². The Labute approximate surface area is 147 Å². The van der Waals surface area contributed by atoms with Crippen LogP contribution in [-0.2, 0) is 15.8 Å². The topological polar surface area (TPSA) is 72.2 Å². The molecule has 0 fully saturated rings. The van der Waals surface area contributed by atoms with E-state index in [9.17, 15) is 8.42 Å². The van der Waals surface area contributed by atoms with E-state index < -0.39 is 10.0 Å². The minimum Gasteiger partial charge on any atom is -0.361 e.